The Bertz CT molecular complexity index is 1110. The van der Waals surface area contributed by atoms with Crippen molar-refractivity contribution in [1.29, 1.82) is 0 Å². The van der Waals surface area contributed by atoms with E-state index in [2.05, 4.69) is 32.8 Å². The summed E-state index contributed by atoms with van der Waals surface area (Å²) in [5, 5.41) is 3.76. The molecule has 1 aliphatic heterocycles. The van der Waals surface area contributed by atoms with E-state index in [0.717, 1.165) is 9.26 Å². The van der Waals surface area contributed by atoms with E-state index in [9.17, 15) is 9.59 Å². The van der Waals surface area contributed by atoms with Gasteiger partial charge in [-0.05, 0) is 71.1 Å². The van der Waals surface area contributed by atoms with Crippen molar-refractivity contribution in [1.82, 2.24) is 4.90 Å². The Hall–Kier alpha value is -2.23. The van der Waals surface area contributed by atoms with Crippen molar-refractivity contribution in [2.75, 3.05) is 36.4 Å². The lowest BCUT2D eigenvalue weighted by molar-refractivity contribution is 0.0714. The lowest BCUT2D eigenvalue weighted by Gasteiger charge is -2.36. The van der Waals surface area contributed by atoms with E-state index in [4.69, 9.17) is 27.6 Å². The van der Waals surface area contributed by atoms with Gasteiger partial charge >= 0.3 is 0 Å². The molecule has 3 aromatic rings. The van der Waals surface area contributed by atoms with Crippen LogP contribution in [0, 0.1) is 3.57 Å². The molecule has 4 rings (SSSR count). The highest BCUT2D eigenvalue weighted by Crippen LogP contribution is 2.30. The van der Waals surface area contributed by atoms with Gasteiger partial charge in [0.25, 0.3) is 11.8 Å². The molecule has 2 amide bonds. The van der Waals surface area contributed by atoms with Crippen LogP contribution in [0.15, 0.2) is 59.2 Å². The summed E-state index contributed by atoms with van der Waals surface area (Å²) in [6.45, 7) is 2.44. The highest BCUT2D eigenvalue weighted by atomic mass is 127. The largest absolute Gasteiger partial charge is 0.459 e. The third kappa shape index (κ3) is 4.99. The fourth-order valence-electron chi connectivity index (χ4n) is 3.42. The predicted molar refractivity (Wildman–Crippen MR) is 130 cm³/mol. The first-order valence-electron chi connectivity index (χ1n) is 9.56. The van der Waals surface area contributed by atoms with Crippen LogP contribution in [-0.2, 0) is 0 Å². The first-order valence-corrected chi connectivity index (χ1v) is 11.4. The van der Waals surface area contributed by atoms with Gasteiger partial charge in [0.15, 0.2) is 5.76 Å². The quantitative estimate of drug-likeness (QED) is 0.427. The maximum atomic E-state index is 12.6. The lowest BCUT2D eigenvalue weighted by atomic mass is 10.2. The van der Waals surface area contributed by atoms with Crippen molar-refractivity contribution in [3.8, 4) is 0 Å². The minimum atomic E-state index is -0.294. The van der Waals surface area contributed by atoms with Crippen molar-refractivity contribution >= 4 is 69.0 Å². The minimum Gasteiger partial charge on any atom is -0.459 e. The van der Waals surface area contributed by atoms with Crippen molar-refractivity contribution in [2.45, 2.75) is 0 Å². The molecule has 2 heterocycles. The summed E-state index contributed by atoms with van der Waals surface area (Å²) < 4.78 is 6.12. The van der Waals surface area contributed by atoms with E-state index >= 15 is 0 Å². The summed E-state index contributed by atoms with van der Waals surface area (Å²) in [6, 6.07) is 14.0. The molecule has 9 heteroatoms. The Labute approximate surface area is 203 Å². The molecule has 2 aromatic carbocycles. The first kappa shape index (κ1) is 22.0. The second-order valence-electron chi connectivity index (χ2n) is 7.00. The van der Waals surface area contributed by atoms with E-state index in [1.807, 2.05) is 12.1 Å². The molecule has 1 saturated heterocycles. The molecule has 0 radical (unpaired) electrons. The van der Waals surface area contributed by atoms with Gasteiger partial charge in [-0.1, -0.05) is 23.2 Å². The molecular formula is C22H18Cl2IN3O3. The Kier molecular flexibility index (Phi) is 6.74. The van der Waals surface area contributed by atoms with Crippen molar-refractivity contribution in [3.63, 3.8) is 0 Å². The first-order chi connectivity index (χ1) is 14.9. The Balaban J connectivity index is 1.41. The van der Waals surface area contributed by atoms with E-state index in [0.29, 0.717) is 53.2 Å². The van der Waals surface area contributed by atoms with E-state index in [1.165, 1.54) is 6.26 Å². The monoisotopic (exact) mass is 569 g/mol. The molecule has 0 atom stereocenters. The molecule has 1 fully saturated rings. The second-order valence-corrected chi connectivity index (χ2v) is 9.06. The summed E-state index contributed by atoms with van der Waals surface area (Å²) in [5.41, 5.74) is 1.85. The average molecular weight is 570 g/mol. The molecule has 160 valence electrons. The van der Waals surface area contributed by atoms with Crippen LogP contribution in [-0.4, -0.2) is 42.9 Å². The van der Waals surface area contributed by atoms with Gasteiger partial charge in [0.05, 0.1) is 27.6 Å². The summed E-state index contributed by atoms with van der Waals surface area (Å²) in [7, 11) is 0. The number of nitrogens with one attached hydrogen (secondary N) is 1. The maximum Gasteiger partial charge on any atom is 0.289 e. The molecule has 0 unspecified atom stereocenters. The standard InChI is InChI=1S/C22H18Cl2IN3O3/c23-17-5-3-14(25)12-16(17)21(29)26-15-4-6-19(18(24)13-15)27-7-9-28(10-8-27)22(30)20-2-1-11-31-20/h1-6,11-13H,7-10H2,(H,26,29). The molecule has 1 aliphatic rings. The van der Waals surface area contributed by atoms with Gasteiger partial charge in [-0.2, -0.15) is 0 Å². The number of furan rings is 1. The van der Waals surface area contributed by atoms with Crippen LogP contribution in [0.3, 0.4) is 0 Å². The van der Waals surface area contributed by atoms with Gasteiger partial charge in [-0.25, -0.2) is 0 Å². The fourth-order valence-corrected chi connectivity index (χ4v) is 4.41. The number of rotatable bonds is 4. The molecule has 1 N–H and O–H groups in total. The van der Waals surface area contributed by atoms with E-state index in [1.54, 1.807) is 41.3 Å². The molecule has 1 aromatic heterocycles. The fraction of sp³-hybridized carbons (Fsp3) is 0.182. The second kappa shape index (κ2) is 9.50. The summed E-state index contributed by atoms with van der Waals surface area (Å²) in [6.07, 6.45) is 1.50. The smallest absolute Gasteiger partial charge is 0.289 e. The Morgan fingerprint density at radius 2 is 1.74 bits per heavy atom. The van der Waals surface area contributed by atoms with Crippen LogP contribution in [0.1, 0.15) is 20.9 Å². The number of hydrogen-bond acceptors (Lipinski definition) is 4. The van der Waals surface area contributed by atoms with Gasteiger partial charge < -0.3 is 19.5 Å². The topological polar surface area (TPSA) is 65.8 Å². The van der Waals surface area contributed by atoms with Crippen molar-refractivity contribution in [3.05, 3.63) is 79.7 Å². The zero-order valence-electron chi connectivity index (χ0n) is 16.3. The molecule has 0 spiro atoms. The van der Waals surface area contributed by atoms with Gasteiger partial charge in [-0.15, -0.1) is 0 Å². The van der Waals surface area contributed by atoms with Gasteiger partial charge in [-0.3, -0.25) is 9.59 Å². The number of carbonyl (C=O) groups excluding carboxylic acids is 2. The lowest BCUT2D eigenvalue weighted by Crippen LogP contribution is -2.48. The van der Waals surface area contributed by atoms with Crippen LogP contribution in [0.25, 0.3) is 0 Å². The van der Waals surface area contributed by atoms with Crippen LogP contribution < -0.4 is 10.2 Å². The number of piperazine rings is 1. The Morgan fingerprint density at radius 1 is 0.968 bits per heavy atom. The van der Waals surface area contributed by atoms with Crippen molar-refractivity contribution < 1.29 is 14.0 Å². The van der Waals surface area contributed by atoms with E-state index < -0.39 is 0 Å². The van der Waals surface area contributed by atoms with Crippen molar-refractivity contribution in [2.24, 2.45) is 0 Å². The number of benzene rings is 2. The molecule has 0 aliphatic carbocycles. The third-order valence-electron chi connectivity index (χ3n) is 5.02. The highest BCUT2D eigenvalue weighted by Gasteiger charge is 2.25. The van der Waals surface area contributed by atoms with Gasteiger partial charge in [0.1, 0.15) is 0 Å². The number of anilines is 2. The number of halogens is 3. The minimum absolute atomic E-state index is 0.108. The van der Waals surface area contributed by atoms with Crippen LogP contribution in [0.2, 0.25) is 10.0 Å². The van der Waals surface area contributed by atoms with Crippen LogP contribution in [0.5, 0.6) is 0 Å². The summed E-state index contributed by atoms with van der Waals surface area (Å²) in [4.78, 5) is 28.9. The average Bonchev–Trinajstić information content (AvgIpc) is 3.30. The third-order valence-corrected chi connectivity index (χ3v) is 6.32. The number of carbonyl (C=O) groups is 2. The number of amides is 2. The zero-order valence-corrected chi connectivity index (χ0v) is 19.9. The Morgan fingerprint density at radius 3 is 2.42 bits per heavy atom. The summed E-state index contributed by atoms with van der Waals surface area (Å²) in [5.74, 6) is -0.0554. The summed E-state index contributed by atoms with van der Waals surface area (Å²) >= 11 is 14.8. The SMILES string of the molecule is O=C(Nc1ccc(N2CCN(C(=O)c3ccco3)CC2)c(Cl)c1)c1cc(I)ccc1Cl. The van der Waals surface area contributed by atoms with Crippen LogP contribution in [0.4, 0.5) is 11.4 Å². The zero-order chi connectivity index (χ0) is 22.0. The molecule has 0 bridgehead atoms. The molecule has 31 heavy (non-hydrogen) atoms. The number of nitrogens with zero attached hydrogens (tertiary/aromatic N) is 2. The van der Waals surface area contributed by atoms with Gasteiger partial charge in [0.2, 0.25) is 0 Å². The highest BCUT2D eigenvalue weighted by molar-refractivity contribution is 14.1. The molecular weight excluding hydrogens is 552 g/mol. The molecule has 0 saturated carbocycles. The maximum absolute atomic E-state index is 12.6. The normalized spacial score (nSPS) is 13.9. The number of hydrogen-bond donors (Lipinski definition) is 1. The molecule has 6 nitrogen and oxygen atoms in total. The predicted octanol–water partition coefficient (Wildman–Crippen LogP) is 5.41. The van der Waals surface area contributed by atoms with E-state index in [-0.39, 0.29) is 11.8 Å². The van der Waals surface area contributed by atoms with Crippen LogP contribution >= 0.6 is 45.8 Å². The van der Waals surface area contributed by atoms with Gasteiger partial charge in [0, 0.05) is 35.4 Å².